The third-order valence-electron chi connectivity index (χ3n) is 11.3. The molecule has 4 rings (SSSR count). The average Bonchev–Trinajstić information content (AvgIpc) is 3.23. The molecule has 0 aliphatic carbocycles. The number of hydrogen-bond acceptors (Lipinski definition) is 12. The Bertz CT molecular complexity index is 1170. The Morgan fingerprint density at radius 3 is 2.17 bits per heavy atom. The van der Waals surface area contributed by atoms with Crippen LogP contribution >= 0.6 is 8.46 Å². The minimum atomic E-state index is -1.32. The van der Waals surface area contributed by atoms with Gasteiger partial charge in [0, 0.05) is 12.0 Å². The van der Waals surface area contributed by atoms with E-state index in [2.05, 4.69) is 0 Å². The largest absolute Gasteiger partial charge is 0.509 e. The lowest BCUT2D eigenvalue weighted by Crippen LogP contribution is -2.58. The van der Waals surface area contributed by atoms with Gasteiger partial charge in [-0.1, -0.05) is 48.5 Å². The van der Waals surface area contributed by atoms with Crippen molar-refractivity contribution in [2.24, 2.45) is 35.5 Å². The van der Waals surface area contributed by atoms with Crippen LogP contribution < -0.4 is 0 Å². The summed E-state index contributed by atoms with van der Waals surface area (Å²) in [7, 11) is 3.77. The first-order valence-corrected chi connectivity index (χ1v) is 18.1. The average molecular weight is 686 g/mol. The van der Waals surface area contributed by atoms with Crippen LogP contribution in [0.4, 0.5) is 9.59 Å². The Labute approximate surface area is 281 Å². The van der Waals surface area contributed by atoms with E-state index in [4.69, 9.17) is 33.2 Å². The number of esters is 1. The summed E-state index contributed by atoms with van der Waals surface area (Å²) in [6, 6.07) is -0.0832. The molecular weight excluding hydrogens is 629 g/mol. The van der Waals surface area contributed by atoms with E-state index in [0.29, 0.717) is 19.3 Å². The molecule has 15 atom stereocenters. The Morgan fingerprint density at radius 2 is 1.60 bits per heavy atom. The van der Waals surface area contributed by atoms with Crippen LogP contribution in [-0.2, 0) is 42.5 Å². The Balaban J connectivity index is 1.87. The van der Waals surface area contributed by atoms with Gasteiger partial charge in [0.25, 0.3) is 0 Å². The summed E-state index contributed by atoms with van der Waals surface area (Å²) >= 11 is 0. The molecule has 4 aliphatic heterocycles. The summed E-state index contributed by atoms with van der Waals surface area (Å²) in [5.41, 5.74) is -3.07. The number of ether oxygens (including phenoxy) is 7. The Kier molecular flexibility index (Phi) is 11.6. The van der Waals surface area contributed by atoms with Crippen molar-refractivity contribution in [1.29, 1.82) is 0 Å². The van der Waals surface area contributed by atoms with Crippen molar-refractivity contribution >= 4 is 26.7 Å². The van der Waals surface area contributed by atoms with Crippen molar-refractivity contribution in [3.05, 3.63) is 0 Å². The highest BCUT2D eigenvalue weighted by Crippen LogP contribution is 2.47. The zero-order chi connectivity index (χ0) is 35.2. The number of hydrogen-bond donors (Lipinski definition) is 0. The lowest BCUT2D eigenvalue weighted by molar-refractivity contribution is -0.262. The molecule has 4 saturated heterocycles. The zero-order valence-electron chi connectivity index (χ0n) is 30.1. The summed E-state index contributed by atoms with van der Waals surface area (Å²) in [6.07, 6.45) is -4.63. The Hall–Kier alpha value is -2.01. The second-order valence-corrected chi connectivity index (χ2v) is 16.2. The van der Waals surface area contributed by atoms with Gasteiger partial charge in [-0.25, -0.2) is 9.59 Å². The number of carbonyl (C=O) groups excluding carboxylic acids is 3. The van der Waals surface area contributed by atoms with Gasteiger partial charge in [-0.15, -0.1) is 0 Å². The highest BCUT2D eigenvalue weighted by molar-refractivity contribution is 7.24. The topological polar surface area (TPSA) is 136 Å². The van der Waals surface area contributed by atoms with Crippen LogP contribution in [0, 0.1) is 35.5 Å². The van der Waals surface area contributed by atoms with E-state index >= 15 is 0 Å². The summed E-state index contributed by atoms with van der Waals surface area (Å²) in [5.74, 6) is -2.59. The van der Waals surface area contributed by atoms with Crippen molar-refractivity contribution in [2.45, 2.75) is 148 Å². The molecular formula is C34H56NO11P. The SMILES string of the molecule is CCC1OC(=O)C(C)C(C(C)C)C(C)C(OC2OC(C)CC(N(C)C)C2P=O)C2(C)CC(C)C(OC(=O)O2)C(C)C2OC(=O)OC12C. The first-order valence-electron chi connectivity index (χ1n) is 17.2. The fraction of sp³-hybridized carbons (Fsp3) is 0.912. The van der Waals surface area contributed by atoms with Gasteiger partial charge in [0.2, 0.25) is 0 Å². The molecule has 0 radical (unpaired) electrons. The predicted octanol–water partition coefficient (Wildman–Crippen LogP) is 6.23. The quantitative estimate of drug-likeness (QED) is 0.178. The molecule has 15 unspecified atom stereocenters. The van der Waals surface area contributed by atoms with Gasteiger partial charge in [-0.2, -0.15) is 0 Å². The highest BCUT2D eigenvalue weighted by atomic mass is 31.1. The van der Waals surface area contributed by atoms with Crippen LogP contribution in [0.3, 0.4) is 0 Å². The molecule has 12 nitrogen and oxygen atoms in total. The summed E-state index contributed by atoms with van der Waals surface area (Å²) < 4.78 is 55.9. The Morgan fingerprint density at radius 1 is 0.957 bits per heavy atom. The van der Waals surface area contributed by atoms with Gasteiger partial charge in [0.15, 0.2) is 26.5 Å². The van der Waals surface area contributed by atoms with E-state index in [1.54, 1.807) is 6.92 Å². The maximum absolute atomic E-state index is 14.0. The summed E-state index contributed by atoms with van der Waals surface area (Å²) in [6.45, 7) is 19.1. The third kappa shape index (κ3) is 7.31. The van der Waals surface area contributed by atoms with E-state index in [-0.39, 0.29) is 44.3 Å². The lowest BCUT2D eigenvalue weighted by Gasteiger charge is -2.48. The summed E-state index contributed by atoms with van der Waals surface area (Å²) in [4.78, 5) is 42.4. The minimum Gasteiger partial charge on any atom is -0.458 e. The third-order valence-corrected chi connectivity index (χ3v) is 12.1. The van der Waals surface area contributed by atoms with Gasteiger partial charge >= 0.3 is 18.3 Å². The van der Waals surface area contributed by atoms with E-state index in [1.165, 1.54) is 0 Å². The van der Waals surface area contributed by atoms with Gasteiger partial charge in [-0.3, -0.25) is 9.36 Å². The molecule has 13 heteroatoms. The smallest absolute Gasteiger partial charge is 0.458 e. The maximum atomic E-state index is 14.0. The maximum Gasteiger partial charge on any atom is 0.509 e. The van der Waals surface area contributed by atoms with E-state index in [1.807, 2.05) is 81.3 Å². The predicted molar refractivity (Wildman–Crippen MR) is 172 cm³/mol. The second-order valence-electron chi connectivity index (χ2n) is 15.4. The van der Waals surface area contributed by atoms with Crippen molar-refractivity contribution < 1.29 is 52.1 Å². The first kappa shape index (κ1) is 37.8. The fourth-order valence-electron chi connectivity index (χ4n) is 9.17. The van der Waals surface area contributed by atoms with Crippen LogP contribution in [0.1, 0.15) is 88.5 Å². The molecule has 4 fully saturated rings. The molecule has 0 aromatic rings. The lowest BCUT2D eigenvalue weighted by atomic mass is 9.68. The fourth-order valence-corrected chi connectivity index (χ4v) is 9.94. The molecule has 0 saturated carbocycles. The van der Waals surface area contributed by atoms with Crippen molar-refractivity contribution in [3.63, 3.8) is 0 Å². The van der Waals surface area contributed by atoms with Crippen LogP contribution in [0.25, 0.3) is 0 Å². The highest BCUT2D eigenvalue weighted by Gasteiger charge is 2.61. The number of carbonyl (C=O) groups is 3. The van der Waals surface area contributed by atoms with Crippen LogP contribution in [0.5, 0.6) is 0 Å². The second kappa shape index (κ2) is 14.5. The number of fused-ring (bicyclic) bond motifs is 4. The van der Waals surface area contributed by atoms with Gasteiger partial charge < -0.3 is 38.1 Å². The number of nitrogens with zero attached hydrogens (tertiary/aromatic N) is 1. The van der Waals surface area contributed by atoms with Gasteiger partial charge in [-0.05, 0) is 77.8 Å². The monoisotopic (exact) mass is 685 g/mol. The van der Waals surface area contributed by atoms with Crippen LogP contribution in [0.2, 0.25) is 0 Å². The van der Waals surface area contributed by atoms with Crippen molar-refractivity contribution in [1.82, 2.24) is 4.90 Å². The van der Waals surface area contributed by atoms with Gasteiger partial charge in [0.05, 0.1) is 12.0 Å². The molecule has 0 spiro atoms. The molecule has 0 N–H and O–H groups in total. The minimum absolute atomic E-state index is 0.0247. The van der Waals surface area contributed by atoms with Gasteiger partial charge in [0.1, 0.15) is 29.6 Å². The molecule has 2 bridgehead atoms. The molecule has 4 aliphatic rings. The zero-order valence-corrected chi connectivity index (χ0v) is 31.0. The molecule has 4 heterocycles. The van der Waals surface area contributed by atoms with Crippen molar-refractivity contribution in [3.8, 4) is 0 Å². The standard InChI is InChI=1S/C34H56NO11P/c1-13-23-34(10)28(44-32(38)46-34)21(8)25-17(4)15-33(9,45-31(37)42-25)27(19(6)24(16(2)3)20(7)29(36)41-23)43-30-26(47-39)22(35(11)12)14-18(5)40-30/h16-28,30H,13-15H2,1-12H3. The molecule has 47 heavy (non-hydrogen) atoms. The molecule has 0 amide bonds. The van der Waals surface area contributed by atoms with Crippen molar-refractivity contribution in [2.75, 3.05) is 14.1 Å². The van der Waals surface area contributed by atoms with E-state index in [0.717, 1.165) is 0 Å². The summed E-state index contributed by atoms with van der Waals surface area (Å²) in [5, 5.41) is 0. The van der Waals surface area contributed by atoms with Crippen LogP contribution in [0.15, 0.2) is 0 Å². The normalized spacial score (nSPS) is 46.5. The van der Waals surface area contributed by atoms with Crippen LogP contribution in [-0.4, -0.2) is 97.0 Å². The van der Waals surface area contributed by atoms with E-state index < -0.39 is 77.7 Å². The molecule has 0 aromatic carbocycles. The van der Waals surface area contributed by atoms with E-state index in [9.17, 15) is 18.9 Å². The first-order chi connectivity index (χ1) is 21.9. The molecule has 268 valence electrons. The number of rotatable bonds is 6. The number of cyclic esters (lactones) is 1. The molecule has 0 aromatic heterocycles.